The van der Waals surface area contributed by atoms with Gasteiger partial charge in [-0.25, -0.2) is 0 Å². The Bertz CT molecular complexity index is 726. The van der Waals surface area contributed by atoms with Crippen LogP contribution in [0.1, 0.15) is 12.8 Å². The van der Waals surface area contributed by atoms with Gasteiger partial charge in [0.25, 0.3) is 0 Å². The van der Waals surface area contributed by atoms with Crippen molar-refractivity contribution in [1.29, 1.82) is 0 Å². The Hall–Kier alpha value is -1.16. The summed E-state index contributed by atoms with van der Waals surface area (Å²) >= 11 is 9.12. The second-order valence-electron chi connectivity index (χ2n) is 7.21. The van der Waals surface area contributed by atoms with Crippen LogP contribution in [0.3, 0.4) is 0 Å². The number of nitrogens with zero attached hydrogens (tertiary/aromatic N) is 2. The summed E-state index contributed by atoms with van der Waals surface area (Å²) in [4.78, 5) is 7.54. The summed E-state index contributed by atoms with van der Waals surface area (Å²) in [6, 6.07) is 17.4. The third-order valence-electron chi connectivity index (χ3n) is 5.76. The maximum atomic E-state index is 7.25. The lowest BCUT2D eigenvalue weighted by Crippen LogP contribution is -2.60. The molecule has 4 aliphatic heterocycles. The van der Waals surface area contributed by atoms with E-state index < -0.39 is 0 Å². The molecule has 2 aromatic carbocycles. The van der Waals surface area contributed by atoms with E-state index in [1.165, 1.54) is 47.1 Å². The van der Waals surface area contributed by atoms with Gasteiger partial charge in [-0.3, -0.25) is 0 Å². The number of para-hydroxylation sites is 2. The Morgan fingerprint density at radius 3 is 2.08 bits per heavy atom. The van der Waals surface area contributed by atoms with Crippen molar-refractivity contribution in [2.24, 2.45) is 5.92 Å². The van der Waals surface area contributed by atoms with Crippen molar-refractivity contribution in [3.8, 4) is 0 Å². The third-order valence-corrected chi connectivity index (χ3v) is 7.44. The second kappa shape index (κ2) is 5.69. The van der Waals surface area contributed by atoms with Gasteiger partial charge in [-0.05, 0) is 56.1 Å². The molecule has 0 spiro atoms. The Morgan fingerprint density at radius 1 is 0.958 bits per heavy atom. The van der Waals surface area contributed by atoms with Crippen molar-refractivity contribution in [3.63, 3.8) is 0 Å². The normalized spacial score (nSPS) is 30.8. The quantitative estimate of drug-likeness (QED) is 0.700. The first-order valence-corrected chi connectivity index (χ1v) is 9.97. The lowest BCUT2D eigenvalue weighted by atomic mass is 9.78. The van der Waals surface area contributed by atoms with Crippen LogP contribution in [0.15, 0.2) is 58.3 Å². The van der Waals surface area contributed by atoms with Crippen molar-refractivity contribution in [2.45, 2.75) is 27.5 Å². The minimum Gasteiger partial charge on any atom is -0.338 e. The molecule has 3 saturated heterocycles. The fourth-order valence-corrected chi connectivity index (χ4v) is 6.11. The molecule has 124 valence electrons. The summed E-state index contributed by atoms with van der Waals surface area (Å²) in [6.07, 6.45) is 2.49. The Balaban J connectivity index is 1.56. The van der Waals surface area contributed by atoms with Crippen LogP contribution in [0.2, 0.25) is 0 Å². The first-order chi connectivity index (χ1) is 11.7. The molecule has 0 N–H and O–H groups in total. The van der Waals surface area contributed by atoms with E-state index in [1.54, 1.807) is 0 Å². The molecular formula is C20H21ClN2S. The Labute approximate surface area is 152 Å². The fraction of sp³-hybridized carbons (Fsp3) is 0.400. The number of alkyl halides is 1. The van der Waals surface area contributed by atoms with Crippen LogP contribution in [0.25, 0.3) is 0 Å². The average Bonchev–Trinajstić information content (AvgIpc) is 2.62. The molecule has 0 saturated carbocycles. The van der Waals surface area contributed by atoms with E-state index in [0.29, 0.717) is 5.92 Å². The number of hydrogen-bond acceptors (Lipinski definition) is 3. The SMILES string of the molecule is Cl[C@]1(CN2c3ccccc3Sc3ccccc32)CN2CCC1CC2. The van der Waals surface area contributed by atoms with Gasteiger partial charge >= 0.3 is 0 Å². The number of anilines is 2. The molecule has 0 aromatic heterocycles. The van der Waals surface area contributed by atoms with E-state index in [2.05, 4.69) is 58.3 Å². The highest BCUT2D eigenvalue weighted by atomic mass is 35.5. The molecule has 1 atom stereocenters. The number of fused-ring (bicyclic) bond motifs is 5. The maximum Gasteiger partial charge on any atom is 0.0780 e. The molecule has 2 nitrogen and oxygen atoms in total. The largest absolute Gasteiger partial charge is 0.338 e. The summed E-state index contributed by atoms with van der Waals surface area (Å²) in [5, 5.41) is 0. The van der Waals surface area contributed by atoms with Crippen LogP contribution >= 0.6 is 23.4 Å². The standard InChI is InChI=1S/C20H21ClN2S/c21-20(13-22-11-9-15(20)10-12-22)14-23-16-5-1-3-7-18(16)24-19-8-4-2-6-17(19)23/h1-8,15H,9-14H2/t20-/m0/s1. The highest BCUT2D eigenvalue weighted by Crippen LogP contribution is 2.50. The van der Waals surface area contributed by atoms with Crippen LogP contribution in [0, 0.1) is 5.92 Å². The van der Waals surface area contributed by atoms with Gasteiger partial charge in [0.1, 0.15) is 0 Å². The van der Waals surface area contributed by atoms with E-state index in [4.69, 9.17) is 11.6 Å². The van der Waals surface area contributed by atoms with Crippen molar-refractivity contribution < 1.29 is 0 Å². The van der Waals surface area contributed by atoms with Gasteiger partial charge in [-0.2, -0.15) is 0 Å². The molecule has 2 aromatic rings. The number of halogens is 1. The van der Waals surface area contributed by atoms with E-state index >= 15 is 0 Å². The van der Waals surface area contributed by atoms with Crippen LogP contribution in [-0.4, -0.2) is 36.0 Å². The molecule has 4 heterocycles. The van der Waals surface area contributed by atoms with Crippen molar-refractivity contribution in [3.05, 3.63) is 48.5 Å². The number of piperidine rings is 3. The first-order valence-electron chi connectivity index (χ1n) is 8.78. The topological polar surface area (TPSA) is 6.48 Å². The summed E-state index contributed by atoms with van der Waals surface area (Å²) in [7, 11) is 0. The monoisotopic (exact) mass is 356 g/mol. The molecule has 0 unspecified atom stereocenters. The van der Waals surface area contributed by atoms with Gasteiger partial charge in [0.15, 0.2) is 0 Å². The van der Waals surface area contributed by atoms with Gasteiger partial charge in [-0.1, -0.05) is 36.0 Å². The van der Waals surface area contributed by atoms with Crippen LogP contribution in [0.5, 0.6) is 0 Å². The summed E-state index contributed by atoms with van der Waals surface area (Å²) in [5.74, 6) is 0.637. The minimum absolute atomic E-state index is 0.140. The van der Waals surface area contributed by atoms with Crippen LogP contribution in [-0.2, 0) is 0 Å². The van der Waals surface area contributed by atoms with Crippen molar-refractivity contribution in [1.82, 2.24) is 4.90 Å². The number of benzene rings is 2. The molecule has 24 heavy (non-hydrogen) atoms. The van der Waals surface area contributed by atoms with Gasteiger partial charge in [0.05, 0.1) is 16.2 Å². The van der Waals surface area contributed by atoms with Crippen molar-refractivity contribution >= 4 is 34.7 Å². The minimum atomic E-state index is -0.140. The zero-order valence-corrected chi connectivity index (χ0v) is 15.2. The smallest absolute Gasteiger partial charge is 0.0780 e. The average molecular weight is 357 g/mol. The predicted octanol–water partition coefficient (Wildman–Crippen LogP) is 4.99. The lowest BCUT2D eigenvalue weighted by molar-refractivity contribution is 0.0712. The molecule has 0 amide bonds. The first kappa shape index (κ1) is 15.1. The van der Waals surface area contributed by atoms with Gasteiger partial charge in [-0.15, -0.1) is 11.6 Å². The molecular weight excluding hydrogens is 336 g/mol. The molecule has 0 radical (unpaired) electrons. The zero-order valence-electron chi connectivity index (χ0n) is 13.6. The Morgan fingerprint density at radius 2 is 1.54 bits per heavy atom. The zero-order chi connectivity index (χ0) is 16.1. The summed E-state index contributed by atoms with van der Waals surface area (Å²) in [5.41, 5.74) is 2.61. The van der Waals surface area contributed by atoms with Gasteiger partial charge in [0, 0.05) is 22.9 Å². The molecule has 0 aliphatic carbocycles. The van der Waals surface area contributed by atoms with Crippen molar-refractivity contribution in [2.75, 3.05) is 31.1 Å². The van der Waals surface area contributed by atoms with Crippen LogP contribution in [0.4, 0.5) is 11.4 Å². The van der Waals surface area contributed by atoms with E-state index in [9.17, 15) is 0 Å². The maximum absolute atomic E-state index is 7.25. The molecule has 4 heteroatoms. The molecule has 4 aliphatic rings. The third kappa shape index (κ3) is 2.37. The fourth-order valence-electron chi connectivity index (χ4n) is 4.50. The second-order valence-corrected chi connectivity index (χ2v) is 9.05. The predicted molar refractivity (Wildman–Crippen MR) is 102 cm³/mol. The highest BCUT2D eigenvalue weighted by molar-refractivity contribution is 7.99. The Kier molecular flexibility index (Phi) is 3.58. The van der Waals surface area contributed by atoms with Crippen LogP contribution < -0.4 is 4.90 Å². The van der Waals surface area contributed by atoms with E-state index in [-0.39, 0.29) is 4.87 Å². The summed E-state index contributed by atoms with van der Waals surface area (Å²) in [6.45, 7) is 4.36. The van der Waals surface area contributed by atoms with Gasteiger partial charge in [0.2, 0.25) is 0 Å². The number of hydrogen-bond donors (Lipinski definition) is 0. The van der Waals surface area contributed by atoms with E-state index in [0.717, 1.165) is 13.1 Å². The van der Waals surface area contributed by atoms with Gasteiger partial charge < -0.3 is 9.80 Å². The number of rotatable bonds is 2. The van der Waals surface area contributed by atoms with E-state index in [1.807, 2.05) is 11.8 Å². The molecule has 2 bridgehead atoms. The molecule has 3 fully saturated rings. The summed E-state index contributed by atoms with van der Waals surface area (Å²) < 4.78 is 0. The highest BCUT2D eigenvalue weighted by Gasteiger charge is 2.47. The molecule has 6 rings (SSSR count). The lowest BCUT2D eigenvalue weighted by Gasteiger charge is -2.52.